The predicted octanol–water partition coefficient (Wildman–Crippen LogP) is 7.02. The van der Waals surface area contributed by atoms with E-state index < -0.39 is 0 Å². The number of hydrogen-bond acceptors (Lipinski definition) is 1. The zero-order valence-electron chi connectivity index (χ0n) is 12.9. The maximum absolute atomic E-state index is 4.82. The Kier molecular flexibility index (Phi) is 17.7. The molecule has 0 rings (SSSR count). The highest BCUT2D eigenvalue weighted by Crippen LogP contribution is 2.13. The highest BCUT2D eigenvalue weighted by atomic mass is 32.1. The largest absolute Gasteiger partial charge is 0.103 e. The van der Waals surface area contributed by atoms with Gasteiger partial charge in [-0.05, 0) is 31.1 Å². The molecular weight excluding hydrogens is 248 g/mol. The third-order valence-corrected chi connectivity index (χ3v) is 3.97. The van der Waals surface area contributed by atoms with Gasteiger partial charge in [0.25, 0.3) is 0 Å². The van der Waals surface area contributed by atoms with E-state index in [0.717, 1.165) is 6.42 Å². The fraction of sp³-hybridized carbons (Fsp3) is 0.833. The Bertz CT molecular complexity index is 166. The third kappa shape index (κ3) is 17.8. The minimum Gasteiger partial charge on any atom is -0.103 e. The first-order chi connectivity index (χ1) is 9.41. The van der Waals surface area contributed by atoms with E-state index in [4.69, 9.17) is 12.2 Å². The molecule has 0 fully saturated rings. The Morgan fingerprint density at radius 2 is 0.842 bits per heavy atom. The van der Waals surface area contributed by atoms with E-state index in [-0.39, 0.29) is 0 Å². The summed E-state index contributed by atoms with van der Waals surface area (Å²) in [6.07, 6.45) is 22.7. The third-order valence-electron chi connectivity index (χ3n) is 3.73. The van der Waals surface area contributed by atoms with Crippen LogP contribution in [0.3, 0.4) is 0 Å². The average molecular weight is 283 g/mol. The van der Waals surface area contributed by atoms with E-state index in [1.165, 1.54) is 89.9 Å². The molecule has 0 radical (unpaired) electrons. The van der Waals surface area contributed by atoms with Crippen molar-refractivity contribution >= 4 is 17.6 Å². The Morgan fingerprint density at radius 3 is 1.16 bits per heavy atom. The lowest BCUT2D eigenvalue weighted by Gasteiger charge is -2.02. The van der Waals surface area contributed by atoms with Crippen LogP contribution < -0.4 is 0 Å². The number of rotatable bonds is 16. The van der Waals surface area contributed by atoms with E-state index >= 15 is 0 Å². The van der Waals surface area contributed by atoms with Gasteiger partial charge in [-0.25, -0.2) is 0 Å². The van der Waals surface area contributed by atoms with Crippen LogP contribution in [0.15, 0.2) is 12.7 Å². The van der Waals surface area contributed by atoms with Gasteiger partial charge in [-0.3, -0.25) is 0 Å². The normalized spacial score (nSPS) is 10.5. The first-order valence-electron chi connectivity index (χ1n) is 8.46. The Hall–Kier alpha value is -0.170. The molecule has 19 heavy (non-hydrogen) atoms. The monoisotopic (exact) mass is 282 g/mol. The van der Waals surface area contributed by atoms with E-state index in [0.29, 0.717) is 0 Å². The summed E-state index contributed by atoms with van der Waals surface area (Å²) in [6, 6.07) is 0. The standard InChI is InChI=1S/C18H34S/c1-2-3-4-5-6-7-8-9-10-11-12-13-14-15-16-17-18-19/h2,18H,1,3-17H2. The second-order valence-corrected chi connectivity index (χ2v) is 5.96. The maximum Gasteiger partial charge on any atom is -0.0210 e. The molecule has 0 amide bonds. The van der Waals surface area contributed by atoms with Gasteiger partial charge in [-0.2, -0.15) is 0 Å². The Labute approximate surface area is 127 Å². The average Bonchev–Trinajstić information content (AvgIpc) is 2.43. The van der Waals surface area contributed by atoms with E-state index in [9.17, 15) is 0 Å². The van der Waals surface area contributed by atoms with Crippen molar-refractivity contribution in [2.75, 3.05) is 0 Å². The van der Waals surface area contributed by atoms with Crippen LogP contribution in [0.1, 0.15) is 96.3 Å². The molecule has 0 atom stereocenters. The highest BCUT2D eigenvalue weighted by Gasteiger charge is 1.93. The molecule has 112 valence electrons. The molecule has 0 saturated heterocycles. The second-order valence-electron chi connectivity index (χ2n) is 5.63. The van der Waals surface area contributed by atoms with Crippen molar-refractivity contribution in [1.29, 1.82) is 0 Å². The van der Waals surface area contributed by atoms with Crippen molar-refractivity contribution in [3.05, 3.63) is 12.7 Å². The van der Waals surface area contributed by atoms with Gasteiger partial charge in [0, 0.05) is 0 Å². The lowest BCUT2D eigenvalue weighted by atomic mass is 10.0. The molecule has 0 N–H and O–H groups in total. The Balaban J connectivity index is 2.91. The smallest absolute Gasteiger partial charge is 0.0210 e. The molecule has 0 saturated carbocycles. The van der Waals surface area contributed by atoms with Crippen molar-refractivity contribution in [2.24, 2.45) is 0 Å². The van der Waals surface area contributed by atoms with Crippen molar-refractivity contribution in [1.82, 2.24) is 0 Å². The van der Waals surface area contributed by atoms with Crippen molar-refractivity contribution in [3.8, 4) is 0 Å². The molecular formula is C18H34S. The van der Waals surface area contributed by atoms with Gasteiger partial charge in [0.2, 0.25) is 0 Å². The van der Waals surface area contributed by atoms with Crippen LogP contribution in [0.25, 0.3) is 0 Å². The zero-order valence-corrected chi connectivity index (χ0v) is 13.7. The summed E-state index contributed by atoms with van der Waals surface area (Å²) in [5, 5.41) is 1.87. The van der Waals surface area contributed by atoms with E-state index in [1.54, 1.807) is 0 Å². The molecule has 0 nitrogen and oxygen atoms in total. The van der Waals surface area contributed by atoms with Gasteiger partial charge in [0.05, 0.1) is 0 Å². The predicted molar refractivity (Wildman–Crippen MR) is 93.1 cm³/mol. The number of thiocarbonyl (C=S) groups is 1. The molecule has 0 aromatic heterocycles. The molecule has 0 unspecified atom stereocenters. The molecule has 0 aliphatic heterocycles. The lowest BCUT2D eigenvalue weighted by molar-refractivity contribution is 0.539. The van der Waals surface area contributed by atoms with E-state index in [2.05, 4.69) is 6.58 Å². The summed E-state index contributed by atoms with van der Waals surface area (Å²) in [4.78, 5) is 0. The van der Waals surface area contributed by atoms with Crippen LogP contribution >= 0.6 is 12.2 Å². The molecule has 0 aliphatic rings. The van der Waals surface area contributed by atoms with Gasteiger partial charge in [0.1, 0.15) is 0 Å². The molecule has 0 heterocycles. The SMILES string of the molecule is C=CCCCCCCCCCCCCCCCC=S. The van der Waals surface area contributed by atoms with Crippen LogP contribution in [0, 0.1) is 0 Å². The minimum atomic E-state index is 1.13. The minimum absolute atomic E-state index is 1.13. The number of hydrogen-bond donors (Lipinski definition) is 0. The summed E-state index contributed by atoms with van der Waals surface area (Å²) < 4.78 is 0. The number of unbranched alkanes of at least 4 members (excludes halogenated alkanes) is 14. The van der Waals surface area contributed by atoms with Gasteiger partial charge >= 0.3 is 0 Å². The molecule has 0 aromatic carbocycles. The van der Waals surface area contributed by atoms with E-state index in [1.807, 2.05) is 11.4 Å². The van der Waals surface area contributed by atoms with Crippen molar-refractivity contribution in [3.63, 3.8) is 0 Å². The molecule has 0 aliphatic carbocycles. The summed E-state index contributed by atoms with van der Waals surface area (Å²) in [6.45, 7) is 3.76. The van der Waals surface area contributed by atoms with Crippen LogP contribution in [0.2, 0.25) is 0 Å². The topological polar surface area (TPSA) is 0 Å². The quantitative estimate of drug-likeness (QED) is 0.166. The maximum atomic E-state index is 4.82. The summed E-state index contributed by atoms with van der Waals surface area (Å²) in [7, 11) is 0. The van der Waals surface area contributed by atoms with Gasteiger partial charge in [-0.1, -0.05) is 88.9 Å². The molecule has 0 bridgehead atoms. The van der Waals surface area contributed by atoms with Gasteiger partial charge < -0.3 is 0 Å². The van der Waals surface area contributed by atoms with Crippen molar-refractivity contribution < 1.29 is 0 Å². The highest BCUT2D eigenvalue weighted by molar-refractivity contribution is 7.78. The summed E-state index contributed by atoms with van der Waals surface area (Å²) >= 11 is 4.82. The zero-order chi connectivity index (χ0) is 14.0. The summed E-state index contributed by atoms with van der Waals surface area (Å²) in [5.41, 5.74) is 0. The van der Waals surface area contributed by atoms with Crippen molar-refractivity contribution in [2.45, 2.75) is 96.3 Å². The van der Waals surface area contributed by atoms with Gasteiger partial charge in [-0.15, -0.1) is 6.58 Å². The molecule has 1 heteroatoms. The van der Waals surface area contributed by atoms with Crippen LogP contribution in [0.5, 0.6) is 0 Å². The number of allylic oxidation sites excluding steroid dienone is 1. The van der Waals surface area contributed by atoms with Crippen LogP contribution in [-0.2, 0) is 0 Å². The molecule has 0 spiro atoms. The first kappa shape index (κ1) is 18.8. The fourth-order valence-electron chi connectivity index (χ4n) is 2.46. The van der Waals surface area contributed by atoms with Crippen LogP contribution in [-0.4, -0.2) is 5.37 Å². The van der Waals surface area contributed by atoms with Gasteiger partial charge in [0.15, 0.2) is 0 Å². The fourth-order valence-corrected chi connectivity index (χ4v) is 2.63. The second kappa shape index (κ2) is 17.8. The summed E-state index contributed by atoms with van der Waals surface area (Å²) in [5.74, 6) is 0. The molecule has 0 aromatic rings. The lowest BCUT2D eigenvalue weighted by Crippen LogP contribution is -1.83. The first-order valence-corrected chi connectivity index (χ1v) is 8.93. The van der Waals surface area contributed by atoms with Crippen LogP contribution in [0.4, 0.5) is 0 Å². The Morgan fingerprint density at radius 1 is 0.526 bits per heavy atom.